The van der Waals surface area contributed by atoms with Crippen LogP contribution in [0.4, 0.5) is 61.5 Å². The molecule has 0 nitrogen and oxygen atoms in total. The van der Waals surface area contributed by atoms with E-state index in [0.29, 0.717) is 6.07 Å². The molecule has 0 N–H and O–H groups in total. The summed E-state index contributed by atoms with van der Waals surface area (Å²) in [6, 6.07) is 0.0893. The second-order valence-corrected chi connectivity index (χ2v) is 6.23. The van der Waals surface area contributed by atoms with Crippen LogP contribution in [0.3, 0.4) is 0 Å². The first-order chi connectivity index (χ1) is 12.5. The lowest BCUT2D eigenvalue weighted by molar-refractivity contribution is -0.425. The van der Waals surface area contributed by atoms with E-state index in [1.807, 2.05) is 0 Å². The zero-order valence-electron chi connectivity index (χ0n) is 14.1. The lowest BCUT2D eigenvalue weighted by Gasteiger charge is -2.40. The molecule has 1 aromatic carbocycles. The Morgan fingerprint density at radius 2 is 0.897 bits per heavy atom. The highest BCUT2D eigenvalue weighted by Gasteiger charge is 2.89. The summed E-state index contributed by atoms with van der Waals surface area (Å²) < 4.78 is 187. The molecular weight excluding hydrogens is 446 g/mol. The normalized spacial score (nSPS) is 15.6. The van der Waals surface area contributed by atoms with Gasteiger partial charge >= 0.3 is 35.5 Å². The Morgan fingerprint density at radius 1 is 0.517 bits per heavy atom. The van der Waals surface area contributed by atoms with E-state index in [1.165, 1.54) is 0 Å². The van der Waals surface area contributed by atoms with Crippen LogP contribution < -0.4 is 0 Å². The fourth-order valence-corrected chi connectivity index (χ4v) is 2.04. The Bertz CT molecular complexity index is 738. The molecule has 168 valence electrons. The monoisotopic (exact) mass is 456 g/mol. The van der Waals surface area contributed by atoms with Gasteiger partial charge in [0.1, 0.15) is 0 Å². The van der Waals surface area contributed by atoms with Crippen molar-refractivity contribution in [2.75, 3.05) is 0 Å². The van der Waals surface area contributed by atoms with Gasteiger partial charge in [0.25, 0.3) is 5.92 Å². The second kappa shape index (κ2) is 6.62. The van der Waals surface area contributed by atoms with Gasteiger partial charge in [-0.2, -0.15) is 52.7 Å². The van der Waals surface area contributed by atoms with E-state index in [1.54, 1.807) is 0 Å². The fourth-order valence-electron chi connectivity index (χ4n) is 2.04. The molecule has 0 amide bonds. The van der Waals surface area contributed by atoms with Crippen LogP contribution in [0.2, 0.25) is 0 Å². The summed E-state index contributed by atoms with van der Waals surface area (Å²) in [5.74, 6) is -46.4. The summed E-state index contributed by atoms with van der Waals surface area (Å²) in [5.41, 5.74) is -3.78. The summed E-state index contributed by atoms with van der Waals surface area (Å²) in [5, 5.41) is 0. The van der Waals surface area contributed by atoms with Gasteiger partial charge in [0.2, 0.25) is 0 Å². The first kappa shape index (κ1) is 25.3. The van der Waals surface area contributed by atoms with E-state index >= 15 is 0 Å². The standard InChI is InChI=1S/C15H10F14/c1-9(16,17)7-4-3-5-8(6-7)11(20,21)13(24,25)15(28,29)14(26,27)12(22,23)10(2,18)19/h3-6H,1-2H3. The molecule has 0 aliphatic heterocycles. The van der Waals surface area contributed by atoms with Crippen molar-refractivity contribution in [2.45, 2.75) is 55.3 Å². The number of hydrogen-bond donors (Lipinski definition) is 0. The summed E-state index contributed by atoms with van der Waals surface area (Å²) in [6.45, 7) is -0.922. The van der Waals surface area contributed by atoms with E-state index in [2.05, 4.69) is 0 Å². The van der Waals surface area contributed by atoms with Gasteiger partial charge in [-0.15, -0.1) is 0 Å². The molecule has 0 fully saturated rings. The maximum Gasteiger partial charge on any atom is 0.385 e. The Kier molecular flexibility index (Phi) is 5.77. The molecular formula is C15H10F14. The number of rotatable bonds is 7. The van der Waals surface area contributed by atoms with Crippen LogP contribution in [0.5, 0.6) is 0 Å². The number of halogens is 14. The van der Waals surface area contributed by atoms with Gasteiger partial charge in [0.15, 0.2) is 0 Å². The van der Waals surface area contributed by atoms with Crippen LogP contribution in [0.15, 0.2) is 24.3 Å². The SMILES string of the molecule is CC(F)(F)c1cccc(C(F)(F)C(F)(F)C(F)(F)C(F)(F)C(F)(F)C(C)(F)F)c1. The molecule has 1 aromatic rings. The van der Waals surface area contributed by atoms with E-state index in [9.17, 15) is 61.5 Å². The highest BCUT2D eigenvalue weighted by atomic mass is 19.4. The molecule has 0 saturated carbocycles. The van der Waals surface area contributed by atoms with E-state index in [4.69, 9.17) is 0 Å². The molecule has 0 aliphatic carbocycles. The highest BCUT2D eigenvalue weighted by Crippen LogP contribution is 2.61. The van der Waals surface area contributed by atoms with E-state index in [-0.39, 0.29) is 19.1 Å². The molecule has 0 saturated heterocycles. The lowest BCUT2D eigenvalue weighted by atomic mass is 9.88. The summed E-state index contributed by atoms with van der Waals surface area (Å²) in [7, 11) is 0. The van der Waals surface area contributed by atoms with Crippen LogP contribution in [0.25, 0.3) is 0 Å². The third-order valence-corrected chi connectivity index (χ3v) is 3.86. The van der Waals surface area contributed by atoms with Crippen LogP contribution in [0.1, 0.15) is 25.0 Å². The van der Waals surface area contributed by atoms with Crippen molar-refractivity contribution < 1.29 is 61.5 Å². The maximum atomic E-state index is 14.0. The van der Waals surface area contributed by atoms with Crippen LogP contribution in [-0.2, 0) is 11.8 Å². The number of benzene rings is 1. The van der Waals surface area contributed by atoms with Crippen molar-refractivity contribution in [1.82, 2.24) is 0 Å². The fraction of sp³-hybridized carbons (Fsp3) is 0.600. The second-order valence-electron chi connectivity index (χ2n) is 6.23. The predicted molar refractivity (Wildman–Crippen MR) is 70.3 cm³/mol. The molecule has 0 spiro atoms. The first-order valence-corrected chi connectivity index (χ1v) is 7.22. The van der Waals surface area contributed by atoms with Crippen molar-refractivity contribution in [2.24, 2.45) is 0 Å². The van der Waals surface area contributed by atoms with Gasteiger partial charge in [0, 0.05) is 25.0 Å². The van der Waals surface area contributed by atoms with Crippen molar-refractivity contribution in [3.05, 3.63) is 35.4 Å². The third-order valence-electron chi connectivity index (χ3n) is 3.86. The number of alkyl halides is 14. The predicted octanol–water partition coefficient (Wildman–Crippen LogP) is 7.09. The molecule has 0 heterocycles. The Hall–Kier alpha value is -1.76. The first-order valence-electron chi connectivity index (χ1n) is 7.22. The van der Waals surface area contributed by atoms with Gasteiger partial charge in [0.05, 0.1) is 0 Å². The van der Waals surface area contributed by atoms with Crippen molar-refractivity contribution in [1.29, 1.82) is 0 Å². The van der Waals surface area contributed by atoms with Gasteiger partial charge in [-0.1, -0.05) is 18.2 Å². The van der Waals surface area contributed by atoms with Gasteiger partial charge < -0.3 is 0 Å². The zero-order valence-corrected chi connectivity index (χ0v) is 14.1. The average Bonchev–Trinajstić information content (AvgIpc) is 2.52. The topological polar surface area (TPSA) is 0 Å². The quantitative estimate of drug-likeness (QED) is 0.385. The van der Waals surface area contributed by atoms with Crippen molar-refractivity contribution >= 4 is 0 Å². The smallest absolute Gasteiger partial charge is 0.202 e. The molecule has 0 aliphatic rings. The van der Waals surface area contributed by atoms with E-state index in [0.717, 1.165) is 0 Å². The van der Waals surface area contributed by atoms with Gasteiger partial charge in [-0.25, -0.2) is 8.78 Å². The van der Waals surface area contributed by atoms with Crippen LogP contribution in [-0.4, -0.2) is 29.6 Å². The minimum Gasteiger partial charge on any atom is -0.202 e. The van der Waals surface area contributed by atoms with Gasteiger partial charge in [-0.05, 0) is 6.07 Å². The molecule has 14 heteroatoms. The molecule has 29 heavy (non-hydrogen) atoms. The molecule has 0 bridgehead atoms. The van der Waals surface area contributed by atoms with Crippen LogP contribution in [0, 0.1) is 0 Å². The average molecular weight is 456 g/mol. The third kappa shape index (κ3) is 3.62. The molecule has 0 unspecified atom stereocenters. The minimum atomic E-state index is -7.74. The molecule has 1 rings (SSSR count). The summed E-state index contributed by atoms with van der Waals surface area (Å²) in [6.07, 6.45) is 0. The molecule has 0 atom stereocenters. The van der Waals surface area contributed by atoms with Crippen LogP contribution >= 0.6 is 0 Å². The highest BCUT2D eigenvalue weighted by molar-refractivity contribution is 5.32. The Balaban J connectivity index is 3.63. The Morgan fingerprint density at radius 3 is 1.28 bits per heavy atom. The minimum absolute atomic E-state index is 0.0923. The summed E-state index contributed by atoms with van der Waals surface area (Å²) in [4.78, 5) is 0. The zero-order chi connectivity index (χ0) is 23.5. The van der Waals surface area contributed by atoms with E-state index < -0.39 is 65.6 Å². The van der Waals surface area contributed by atoms with Gasteiger partial charge in [-0.3, -0.25) is 0 Å². The molecule has 0 radical (unpaired) electrons. The van der Waals surface area contributed by atoms with Crippen molar-refractivity contribution in [3.8, 4) is 0 Å². The summed E-state index contributed by atoms with van der Waals surface area (Å²) >= 11 is 0. The molecule has 0 aromatic heterocycles. The maximum absolute atomic E-state index is 14.0. The van der Waals surface area contributed by atoms with Crippen molar-refractivity contribution in [3.63, 3.8) is 0 Å². The largest absolute Gasteiger partial charge is 0.385 e. The number of hydrogen-bond acceptors (Lipinski definition) is 0. The lowest BCUT2D eigenvalue weighted by Crippen LogP contribution is -2.69. The Labute approximate surface area is 153 Å².